The Morgan fingerprint density at radius 2 is 2.00 bits per heavy atom. The van der Waals surface area contributed by atoms with Crippen molar-refractivity contribution in [1.82, 2.24) is 4.90 Å². The fourth-order valence-corrected chi connectivity index (χ4v) is 2.14. The van der Waals surface area contributed by atoms with Crippen molar-refractivity contribution < 1.29 is 14.3 Å². The number of carbonyl (C=O) groups excluding carboxylic acids is 2. The summed E-state index contributed by atoms with van der Waals surface area (Å²) in [6, 6.07) is 0. The number of likely N-dealkylation sites (tertiary alicyclic amines) is 1. The predicted octanol–water partition coefficient (Wildman–Crippen LogP) is 1.93. The number of hydrogen-bond donors (Lipinski definition) is 0. The zero-order valence-electron chi connectivity index (χ0n) is 11.4. The first-order chi connectivity index (χ1) is 7.78. The maximum atomic E-state index is 10.7. The summed E-state index contributed by atoms with van der Waals surface area (Å²) >= 11 is 1.34. The molecule has 1 unspecified atom stereocenters. The Hall–Kier alpha value is -0.550. The number of hydrogen-bond acceptors (Lipinski definition) is 4. The minimum absolute atomic E-state index is 0.0417. The van der Waals surface area contributed by atoms with E-state index in [9.17, 15) is 9.59 Å². The molecule has 0 N–H and O–H groups in total. The van der Waals surface area contributed by atoms with Crippen LogP contribution >= 0.6 is 11.8 Å². The van der Waals surface area contributed by atoms with Crippen LogP contribution in [0.5, 0.6) is 0 Å². The Morgan fingerprint density at radius 1 is 1.47 bits per heavy atom. The normalized spacial score (nSPS) is 19.6. The van der Waals surface area contributed by atoms with E-state index < -0.39 is 0 Å². The van der Waals surface area contributed by atoms with Crippen molar-refractivity contribution in [1.29, 1.82) is 0 Å². The van der Waals surface area contributed by atoms with Crippen LogP contribution in [-0.4, -0.2) is 47.5 Å². The van der Waals surface area contributed by atoms with Gasteiger partial charge in [-0.05, 0) is 27.2 Å². The van der Waals surface area contributed by atoms with E-state index in [0.717, 1.165) is 25.9 Å². The van der Waals surface area contributed by atoms with Crippen LogP contribution in [0.2, 0.25) is 0 Å². The lowest BCUT2D eigenvalue weighted by Gasteiger charge is -2.14. The fourth-order valence-electron chi connectivity index (χ4n) is 1.18. The second-order valence-corrected chi connectivity index (χ2v) is 6.41. The van der Waals surface area contributed by atoms with E-state index in [1.165, 1.54) is 11.8 Å². The second kappa shape index (κ2) is 7.71. The summed E-state index contributed by atoms with van der Waals surface area (Å²) in [6.45, 7) is 9.16. The summed E-state index contributed by atoms with van der Waals surface area (Å²) in [5.41, 5.74) is 0.0417. The van der Waals surface area contributed by atoms with Crippen LogP contribution in [0.1, 0.15) is 34.1 Å². The molecule has 1 saturated heterocycles. The van der Waals surface area contributed by atoms with Crippen LogP contribution in [0.15, 0.2) is 0 Å². The van der Waals surface area contributed by atoms with Gasteiger partial charge in [-0.25, -0.2) is 0 Å². The quantitative estimate of drug-likeness (QED) is 0.713. The van der Waals surface area contributed by atoms with Gasteiger partial charge in [0.25, 0.3) is 0 Å². The molecule has 1 atom stereocenters. The maximum absolute atomic E-state index is 10.7. The van der Waals surface area contributed by atoms with Crippen molar-refractivity contribution in [3.05, 3.63) is 0 Å². The predicted molar refractivity (Wildman–Crippen MR) is 71.1 cm³/mol. The molecule has 1 aliphatic rings. The van der Waals surface area contributed by atoms with Crippen molar-refractivity contribution in [2.45, 2.75) is 45.0 Å². The largest absolute Gasteiger partial charge is 0.379 e. The molecule has 0 saturated carbocycles. The minimum Gasteiger partial charge on any atom is -0.379 e. The third-order valence-electron chi connectivity index (χ3n) is 2.27. The molecule has 4 nitrogen and oxygen atoms in total. The van der Waals surface area contributed by atoms with Gasteiger partial charge in [0.2, 0.25) is 6.41 Å². The molecular weight excluding hydrogens is 238 g/mol. The van der Waals surface area contributed by atoms with Crippen LogP contribution in [0, 0.1) is 0 Å². The number of carbonyl (C=O) groups is 2. The highest BCUT2D eigenvalue weighted by Gasteiger charge is 2.22. The van der Waals surface area contributed by atoms with Crippen LogP contribution in [0.3, 0.4) is 0 Å². The maximum Gasteiger partial charge on any atom is 0.209 e. The minimum atomic E-state index is 0.0417. The molecule has 0 aromatic heterocycles. The van der Waals surface area contributed by atoms with Crippen LogP contribution in [0.25, 0.3) is 0 Å². The molecule has 1 heterocycles. The Labute approximate surface area is 108 Å². The molecule has 1 amide bonds. The summed E-state index contributed by atoms with van der Waals surface area (Å²) in [4.78, 5) is 22.6. The smallest absolute Gasteiger partial charge is 0.209 e. The summed E-state index contributed by atoms with van der Waals surface area (Å²) < 4.78 is 4.94. The van der Waals surface area contributed by atoms with E-state index in [-0.39, 0.29) is 10.7 Å². The molecule has 17 heavy (non-hydrogen) atoms. The van der Waals surface area contributed by atoms with E-state index in [1.54, 1.807) is 18.9 Å². The Balaban J connectivity index is 0.000000366. The summed E-state index contributed by atoms with van der Waals surface area (Å²) in [5, 5.41) is 0.473. The molecule has 0 aromatic carbocycles. The van der Waals surface area contributed by atoms with Gasteiger partial charge >= 0.3 is 0 Å². The number of amides is 1. The van der Waals surface area contributed by atoms with Gasteiger partial charge < -0.3 is 9.64 Å². The van der Waals surface area contributed by atoms with Crippen LogP contribution in [-0.2, 0) is 14.3 Å². The highest BCUT2D eigenvalue weighted by Crippen LogP contribution is 2.21. The van der Waals surface area contributed by atoms with Gasteiger partial charge in [-0.1, -0.05) is 11.8 Å². The average molecular weight is 261 g/mol. The number of thioether (sulfide) groups is 1. The Bertz CT molecular complexity index is 251. The Kier molecular flexibility index (Phi) is 7.46. The molecule has 0 spiro atoms. The van der Waals surface area contributed by atoms with Crippen molar-refractivity contribution in [3.8, 4) is 0 Å². The van der Waals surface area contributed by atoms with E-state index in [2.05, 4.69) is 0 Å². The van der Waals surface area contributed by atoms with Gasteiger partial charge in [0.1, 0.15) is 0 Å². The van der Waals surface area contributed by atoms with Crippen molar-refractivity contribution in [2.24, 2.45) is 0 Å². The van der Waals surface area contributed by atoms with E-state index in [1.807, 2.05) is 20.8 Å². The van der Waals surface area contributed by atoms with Crippen LogP contribution in [0.4, 0.5) is 0 Å². The van der Waals surface area contributed by atoms with Crippen LogP contribution < -0.4 is 0 Å². The lowest BCUT2D eigenvalue weighted by atomic mass is 10.2. The number of nitrogens with zero attached hydrogens (tertiary/aromatic N) is 1. The summed E-state index contributed by atoms with van der Waals surface area (Å²) in [5.74, 6) is 0. The first-order valence-electron chi connectivity index (χ1n) is 5.70. The average Bonchev–Trinajstić information content (AvgIpc) is 2.64. The zero-order chi connectivity index (χ0) is 13.5. The highest BCUT2D eigenvalue weighted by molar-refractivity contribution is 8.14. The molecule has 0 aromatic rings. The standard InChI is InChI=1S/C7H11NO2S.C5H12O/c1-6(10)11-7-2-3-8(4-7)5-9;1-5(2,3)6-4/h5,7H,2-4H2,1H3;1-4H3. The number of rotatable bonds is 2. The topological polar surface area (TPSA) is 46.6 Å². The van der Waals surface area contributed by atoms with E-state index in [0.29, 0.717) is 5.25 Å². The number of methoxy groups -OCH3 is 1. The molecule has 0 bridgehead atoms. The Morgan fingerprint density at radius 3 is 2.29 bits per heavy atom. The molecule has 0 radical (unpaired) electrons. The number of ether oxygens (including phenoxy) is 1. The monoisotopic (exact) mass is 261 g/mol. The SMILES string of the molecule is CC(=O)SC1CCN(C=O)C1.COC(C)(C)C. The van der Waals surface area contributed by atoms with E-state index >= 15 is 0 Å². The molecule has 1 aliphatic heterocycles. The lowest BCUT2D eigenvalue weighted by molar-refractivity contribution is -0.117. The van der Waals surface area contributed by atoms with Gasteiger partial charge in [0, 0.05) is 32.4 Å². The van der Waals surface area contributed by atoms with Gasteiger partial charge in [-0.15, -0.1) is 0 Å². The first-order valence-corrected chi connectivity index (χ1v) is 6.58. The molecule has 100 valence electrons. The molecule has 5 heteroatoms. The third-order valence-corrected chi connectivity index (χ3v) is 3.32. The molecule has 0 aliphatic carbocycles. The molecule has 1 rings (SSSR count). The van der Waals surface area contributed by atoms with Gasteiger partial charge in [0.05, 0.1) is 5.60 Å². The fraction of sp³-hybridized carbons (Fsp3) is 0.833. The van der Waals surface area contributed by atoms with Gasteiger partial charge in [0.15, 0.2) is 5.12 Å². The summed E-state index contributed by atoms with van der Waals surface area (Å²) in [6.07, 6.45) is 1.80. The van der Waals surface area contributed by atoms with Gasteiger partial charge in [-0.3, -0.25) is 9.59 Å². The van der Waals surface area contributed by atoms with Crippen molar-refractivity contribution >= 4 is 23.3 Å². The first kappa shape index (κ1) is 16.4. The second-order valence-electron chi connectivity index (χ2n) is 4.94. The van der Waals surface area contributed by atoms with Gasteiger partial charge in [-0.2, -0.15) is 0 Å². The highest BCUT2D eigenvalue weighted by atomic mass is 32.2. The summed E-state index contributed by atoms with van der Waals surface area (Å²) in [7, 11) is 1.71. The third kappa shape index (κ3) is 9.18. The lowest BCUT2D eigenvalue weighted by Crippen LogP contribution is -2.19. The van der Waals surface area contributed by atoms with E-state index in [4.69, 9.17) is 4.74 Å². The van der Waals surface area contributed by atoms with Crippen molar-refractivity contribution in [3.63, 3.8) is 0 Å². The van der Waals surface area contributed by atoms with Crippen molar-refractivity contribution in [2.75, 3.05) is 20.2 Å². The zero-order valence-corrected chi connectivity index (χ0v) is 12.2. The molecule has 1 fully saturated rings. The molecular formula is C12H23NO3S.